The first kappa shape index (κ1) is 16.3. The Morgan fingerprint density at radius 1 is 1.08 bits per heavy atom. The summed E-state index contributed by atoms with van der Waals surface area (Å²) >= 11 is 0. The van der Waals surface area contributed by atoms with Crippen LogP contribution in [-0.2, 0) is 4.79 Å². The molecule has 2 N–H and O–H groups in total. The first-order chi connectivity index (χ1) is 11.8. The van der Waals surface area contributed by atoms with Crippen molar-refractivity contribution in [2.24, 2.45) is 0 Å². The van der Waals surface area contributed by atoms with Crippen molar-refractivity contribution in [3.63, 3.8) is 0 Å². The molecule has 1 aromatic heterocycles. The van der Waals surface area contributed by atoms with E-state index in [9.17, 15) is 4.79 Å². The molecule has 124 valence electrons. The van der Waals surface area contributed by atoms with Crippen LogP contribution in [0, 0.1) is 0 Å². The summed E-state index contributed by atoms with van der Waals surface area (Å²) in [6.45, 7) is 2.72. The van der Waals surface area contributed by atoms with Gasteiger partial charge in [0.05, 0.1) is 0 Å². The van der Waals surface area contributed by atoms with E-state index in [-0.39, 0.29) is 11.8 Å². The molecule has 0 aliphatic rings. The van der Waals surface area contributed by atoms with Crippen molar-refractivity contribution >= 4 is 16.8 Å². The fourth-order valence-electron chi connectivity index (χ4n) is 3.12. The summed E-state index contributed by atoms with van der Waals surface area (Å²) in [4.78, 5) is 15.4. The van der Waals surface area contributed by atoms with Gasteiger partial charge in [-0.05, 0) is 23.6 Å². The summed E-state index contributed by atoms with van der Waals surface area (Å²) in [7, 11) is 0. The van der Waals surface area contributed by atoms with E-state index in [2.05, 4.69) is 65.9 Å². The number of aromatic amines is 1. The molecule has 0 spiro atoms. The van der Waals surface area contributed by atoms with Gasteiger partial charge in [0.1, 0.15) is 0 Å². The number of aromatic nitrogens is 1. The van der Waals surface area contributed by atoms with Crippen LogP contribution < -0.4 is 5.32 Å². The Morgan fingerprint density at radius 3 is 2.62 bits per heavy atom. The molecule has 1 heterocycles. The molecule has 0 aliphatic carbocycles. The van der Waals surface area contributed by atoms with Crippen LogP contribution in [0.5, 0.6) is 0 Å². The van der Waals surface area contributed by atoms with Gasteiger partial charge in [0.15, 0.2) is 0 Å². The molecule has 1 atom stereocenters. The monoisotopic (exact) mass is 320 g/mol. The summed E-state index contributed by atoms with van der Waals surface area (Å²) < 4.78 is 0. The normalized spacial score (nSPS) is 12.2. The average molecular weight is 320 g/mol. The van der Waals surface area contributed by atoms with Crippen molar-refractivity contribution in [2.75, 3.05) is 6.54 Å². The number of hydrogen-bond acceptors (Lipinski definition) is 1. The van der Waals surface area contributed by atoms with Crippen LogP contribution in [0.4, 0.5) is 0 Å². The number of para-hydroxylation sites is 1. The zero-order valence-corrected chi connectivity index (χ0v) is 14.1. The first-order valence-electron chi connectivity index (χ1n) is 8.67. The molecule has 24 heavy (non-hydrogen) atoms. The number of nitrogens with one attached hydrogen (secondary N) is 2. The van der Waals surface area contributed by atoms with Crippen LogP contribution in [0.3, 0.4) is 0 Å². The average Bonchev–Trinajstić information content (AvgIpc) is 3.05. The van der Waals surface area contributed by atoms with Crippen molar-refractivity contribution in [1.82, 2.24) is 10.3 Å². The smallest absolute Gasteiger partial charge is 0.220 e. The van der Waals surface area contributed by atoms with Gasteiger partial charge in [0.25, 0.3) is 0 Å². The van der Waals surface area contributed by atoms with Gasteiger partial charge in [-0.25, -0.2) is 0 Å². The number of hydrogen-bond donors (Lipinski definition) is 2. The first-order valence-corrected chi connectivity index (χ1v) is 8.67. The molecule has 3 rings (SSSR count). The quantitative estimate of drug-likeness (QED) is 0.656. The van der Waals surface area contributed by atoms with Crippen molar-refractivity contribution in [3.05, 3.63) is 71.9 Å². The summed E-state index contributed by atoms with van der Waals surface area (Å²) in [5, 5.41) is 4.33. The molecule has 0 fully saturated rings. The molecule has 0 aliphatic heterocycles. The lowest BCUT2D eigenvalue weighted by molar-refractivity contribution is -0.121. The number of unbranched alkanes of at least 4 members (excludes halogenated alkanes) is 1. The Labute approximate surface area is 143 Å². The molecular weight excluding hydrogens is 296 g/mol. The topological polar surface area (TPSA) is 44.9 Å². The lowest BCUT2D eigenvalue weighted by atomic mass is 9.91. The number of amides is 1. The van der Waals surface area contributed by atoms with Gasteiger partial charge in [-0.1, -0.05) is 61.9 Å². The lowest BCUT2D eigenvalue weighted by Crippen LogP contribution is -2.28. The molecule has 0 saturated carbocycles. The van der Waals surface area contributed by atoms with Gasteiger partial charge < -0.3 is 10.3 Å². The van der Waals surface area contributed by atoms with E-state index >= 15 is 0 Å². The molecule has 2 aromatic carbocycles. The number of carbonyl (C=O) groups is 1. The summed E-state index contributed by atoms with van der Waals surface area (Å²) in [6.07, 6.45) is 4.65. The second-order valence-electron chi connectivity index (χ2n) is 6.16. The van der Waals surface area contributed by atoms with E-state index < -0.39 is 0 Å². The highest BCUT2D eigenvalue weighted by atomic mass is 16.1. The predicted molar refractivity (Wildman–Crippen MR) is 99.1 cm³/mol. The zero-order valence-electron chi connectivity index (χ0n) is 14.1. The van der Waals surface area contributed by atoms with Gasteiger partial charge in [0, 0.05) is 36.0 Å². The van der Waals surface area contributed by atoms with Crippen molar-refractivity contribution in [2.45, 2.75) is 32.1 Å². The molecule has 3 heteroatoms. The van der Waals surface area contributed by atoms with Gasteiger partial charge >= 0.3 is 0 Å². The number of fused-ring (bicyclic) bond motifs is 1. The Bertz CT molecular complexity index is 792. The van der Waals surface area contributed by atoms with Crippen LogP contribution in [0.2, 0.25) is 0 Å². The molecule has 3 nitrogen and oxygen atoms in total. The molecule has 1 amide bonds. The van der Waals surface area contributed by atoms with Gasteiger partial charge in [-0.2, -0.15) is 0 Å². The third kappa shape index (κ3) is 3.67. The number of H-pyrrole nitrogens is 1. The minimum absolute atomic E-state index is 0.137. The Kier molecular flexibility index (Phi) is 5.32. The van der Waals surface area contributed by atoms with E-state index in [1.165, 1.54) is 16.5 Å². The van der Waals surface area contributed by atoms with Crippen LogP contribution in [-0.4, -0.2) is 17.4 Å². The van der Waals surface area contributed by atoms with Crippen LogP contribution in [0.25, 0.3) is 10.9 Å². The van der Waals surface area contributed by atoms with Crippen LogP contribution in [0.1, 0.15) is 43.2 Å². The van der Waals surface area contributed by atoms with Crippen molar-refractivity contribution < 1.29 is 4.79 Å². The van der Waals surface area contributed by atoms with Gasteiger partial charge in [-0.3, -0.25) is 4.79 Å². The fourth-order valence-corrected chi connectivity index (χ4v) is 3.12. The van der Waals surface area contributed by atoms with E-state index in [0.717, 1.165) is 18.4 Å². The number of carbonyl (C=O) groups excluding carboxylic acids is 1. The van der Waals surface area contributed by atoms with E-state index in [1.807, 2.05) is 12.1 Å². The second kappa shape index (κ2) is 7.82. The SMILES string of the molecule is CCCCC(=O)NC[C@H](c1ccccc1)c1c[nH]c2ccccc12. The Balaban J connectivity index is 1.87. The molecule has 0 unspecified atom stereocenters. The second-order valence-corrected chi connectivity index (χ2v) is 6.16. The summed E-state index contributed by atoms with van der Waals surface area (Å²) in [6, 6.07) is 18.7. The molecular formula is C21H24N2O. The Morgan fingerprint density at radius 2 is 1.83 bits per heavy atom. The third-order valence-electron chi connectivity index (χ3n) is 4.46. The van der Waals surface area contributed by atoms with E-state index in [4.69, 9.17) is 0 Å². The molecule has 0 radical (unpaired) electrons. The summed E-state index contributed by atoms with van der Waals surface area (Å²) in [5.41, 5.74) is 3.58. The number of benzene rings is 2. The third-order valence-corrected chi connectivity index (χ3v) is 4.46. The Hall–Kier alpha value is -2.55. The highest BCUT2D eigenvalue weighted by Gasteiger charge is 2.18. The molecule has 3 aromatic rings. The van der Waals surface area contributed by atoms with Crippen molar-refractivity contribution in [1.29, 1.82) is 0 Å². The lowest BCUT2D eigenvalue weighted by Gasteiger charge is -2.18. The highest BCUT2D eigenvalue weighted by molar-refractivity contribution is 5.84. The zero-order chi connectivity index (χ0) is 16.8. The van der Waals surface area contributed by atoms with Crippen LogP contribution in [0.15, 0.2) is 60.8 Å². The fraction of sp³-hybridized carbons (Fsp3) is 0.286. The summed E-state index contributed by atoms with van der Waals surface area (Å²) in [5.74, 6) is 0.283. The molecule has 0 saturated heterocycles. The van der Waals surface area contributed by atoms with Crippen molar-refractivity contribution in [3.8, 4) is 0 Å². The van der Waals surface area contributed by atoms with Gasteiger partial charge in [-0.15, -0.1) is 0 Å². The van der Waals surface area contributed by atoms with Gasteiger partial charge in [0.2, 0.25) is 5.91 Å². The van der Waals surface area contributed by atoms with Crippen LogP contribution >= 0.6 is 0 Å². The molecule has 0 bridgehead atoms. The number of rotatable bonds is 7. The van der Waals surface area contributed by atoms with E-state index in [0.29, 0.717) is 13.0 Å². The highest BCUT2D eigenvalue weighted by Crippen LogP contribution is 2.30. The maximum atomic E-state index is 12.1. The standard InChI is InChI=1S/C21H24N2O/c1-2-3-13-21(24)23-14-18(16-9-5-4-6-10-16)19-15-22-20-12-8-7-11-17(19)20/h4-12,15,18,22H,2-3,13-14H2,1H3,(H,23,24)/t18-/m1/s1. The minimum Gasteiger partial charge on any atom is -0.361 e. The van der Waals surface area contributed by atoms with E-state index in [1.54, 1.807) is 0 Å². The maximum Gasteiger partial charge on any atom is 0.220 e. The maximum absolute atomic E-state index is 12.1. The predicted octanol–water partition coefficient (Wildman–Crippen LogP) is 4.61. The minimum atomic E-state index is 0.137. The largest absolute Gasteiger partial charge is 0.361 e.